The van der Waals surface area contributed by atoms with E-state index in [1.165, 1.54) is 0 Å². The standard InChI is InChI=1S/C23H23N3O4S/c1-5-31(27,28)18-9-6-16(7-10-18)23-15(2)24-22-13-11-19(25-26(22)23)17-8-12-20(29-3)21(14-17)30-4/h6-14H,5H2,1-4H3. The minimum absolute atomic E-state index is 0.0667. The van der Waals surface area contributed by atoms with E-state index >= 15 is 0 Å². The van der Waals surface area contributed by atoms with Gasteiger partial charge in [-0.2, -0.15) is 5.10 Å². The van der Waals surface area contributed by atoms with E-state index in [1.54, 1.807) is 49.9 Å². The molecule has 0 aliphatic carbocycles. The van der Waals surface area contributed by atoms with Gasteiger partial charge in [-0.1, -0.05) is 19.1 Å². The van der Waals surface area contributed by atoms with Gasteiger partial charge in [0.05, 0.1) is 41.9 Å². The smallest absolute Gasteiger partial charge is 0.178 e. The molecule has 8 heteroatoms. The average Bonchev–Trinajstić information content (AvgIpc) is 3.13. The second-order valence-electron chi connectivity index (χ2n) is 7.03. The van der Waals surface area contributed by atoms with E-state index in [0.717, 1.165) is 28.2 Å². The van der Waals surface area contributed by atoms with Gasteiger partial charge >= 0.3 is 0 Å². The quantitative estimate of drug-likeness (QED) is 0.450. The molecule has 4 aromatic rings. The second-order valence-corrected chi connectivity index (χ2v) is 9.31. The fraction of sp³-hybridized carbons (Fsp3) is 0.217. The van der Waals surface area contributed by atoms with Crippen LogP contribution in [-0.2, 0) is 9.84 Å². The minimum atomic E-state index is -3.25. The Morgan fingerprint density at radius 3 is 2.23 bits per heavy atom. The van der Waals surface area contributed by atoms with Crippen LogP contribution in [0.5, 0.6) is 11.5 Å². The number of ether oxygens (including phenoxy) is 2. The molecule has 0 radical (unpaired) electrons. The van der Waals surface area contributed by atoms with E-state index in [-0.39, 0.29) is 5.75 Å². The van der Waals surface area contributed by atoms with Crippen LogP contribution in [0.25, 0.3) is 28.2 Å². The summed E-state index contributed by atoms with van der Waals surface area (Å²) in [5.74, 6) is 1.34. The number of sulfone groups is 1. The molecule has 0 saturated carbocycles. The Hall–Kier alpha value is -3.39. The van der Waals surface area contributed by atoms with Crippen LogP contribution in [-0.4, -0.2) is 43.0 Å². The van der Waals surface area contributed by atoms with Crippen LogP contribution in [0.3, 0.4) is 0 Å². The first kappa shape index (κ1) is 20.9. The molecule has 4 rings (SSSR count). The van der Waals surface area contributed by atoms with E-state index in [2.05, 4.69) is 4.98 Å². The van der Waals surface area contributed by atoms with Gasteiger partial charge in [0, 0.05) is 11.1 Å². The van der Waals surface area contributed by atoms with Gasteiger partial charge in [0.15, 0.2) is 27.0 Å². The van der Waals surface area contributed by atoms with Gasteiger partial charge in [0.25, 0.3) is 0 Å². The predicted molar refractivity (Wildman–Crippen MR) is 119 cm³/mol. The summed E-state index contributed by atoms with van der Waals surface area (Å²) >= 11 is 0. The van der Waals surface area contributed by atoms with Gasteiger partial charge in [0.2, 0.25) is 0 Å². The summed E-state index contributed by atoms with van der Waals surface area (Å²) in [4.78, 5) is 4.92. The molecule has 0 spiro atoms. The highest BCUT2D eigenvalue weighted by molar-refractivity contribution is 7.91. The highest BCUT2D eigenvalue weighted by Crippen LogP contribution is 2.32. The normalized spacial score (nSPS) is 11.6. The fourth-order valence-corrected chi connectivity index (χ4v) is 4.40. The number of hydrogen-bond acceptors (Lipinski definition) is 6. The van der Waals surface area contributed by atoms with Crippen molar-refractivity contribution in [1.82, 2.24) is 14.6 Å². The molecule has 0 fully saturated rings. The number of benzene rings is 2. The lowest BCUT2D eigenvalue weighted by Gasteiger charge is -2.10. The Kier molecular flexibility index (Phi) is 5.41. The Bertz CT molecular complexity index is 1360. The van der Waals surface area contributed by atoms with E-state index in [9.17, 15) is 8.42 Å². The molecule has 160 valence electrons. The number of aromatic nitrogens is 3. The molecule has 0 bridgehead atoms. The van der Waals surface area contributed by atoms with Crippen LogP contribution >= 0.6 is 0 Å². The first-order valence-corrected chi connectivity index (χ1v) is 11.4. The lowest BCUT2D eigenvalue weighted by Crippen LogP contribution is -2.03. The van der Waals surface area contributed by atoms with Crippen LogP contribution < -0.4 is 9.47 Å². The van der Waals surface area contributed by atoms with Crippen molar-refractivity contribution < 1.29 is 17.9 Å². The van der Waals surface area contributed by atoms with Gasteiger partial charge < -0.3 is 9.47 Å². The van der Waals surface area contributed by atoms with Gasteiger partial charge in [0.1, 0.15) is 0 Å². The topological polar surface area (TPSA) is 82.8 Å². The van der Waals surface area contributed by atoms with Crippen molar-refractivity contribution >= 4 is 15.5 Å². The molecule has 0 amide bonds. The van der Waals surface area contributed by atoms with Crippen molar-refractivity contribution in [3.8, 4) is 34.0 Å². The maximum atomic E-state index is 12.1. The Morgan fingerprint density at radius 1 is 0.903 bits per heavy atom. The van der Waals surface area contributed by atoms with Crippen LogP contribution in [0.4, 0.5) is 0 Å². The summed E-state index contributed by atoms with van der Waals surface area (Å²) in [6.07, 6.45) is 0. The summed E-state index contributed by atoms with van der Waals surface area (Å²) in [6, 6.07) is 16.3. The first-order valence-electron chi connectivity index (χ1n) is 9.80. The van der Waals surface area contributed by atoms with Crippen LogP contribution in [0.2, 0.25) is 0 Å². The van der Waals surface area contributed by atoms with Crippen molar-refractivity contribution in [3.63, 3.8) is 0 Å². The third-order valence-electron chi connectivity index (χ3n) is 5.20. The lowest BCUT2D eigenvalue weighted by atomic mass is 10.1. The maximum Gasteiger partial charge on any atom is 0.178 e. The summed E-state index contributed by atoms with van der Waals surface area (Å²) in [6.45, 7) is 3.55. The van der Waals surface area contributed by atoms with Crippen molar-refractivity contribution in [2.24, 2.45) is 0 Å². The van der Waals surface area contributed by atoms with E-state index in [1.807, 2.05) is 37.3 Å². The van der Waals surface area contributed by atoms with Crippen molar-refractivity contribution in [2.75, 3.05) is 20.0 Å². The highest BCUT2D eigenvalue weighted by atomic mass is 32.2. The number of imidazole rings is 1. The molecular weight excluding hydrogens is 414 g/mol. The fourth-order valence-electron chi connectivity index (χ4n) is 3.51. The molecule has 2 aromatic carbocycles. The van der Waals surface area contributed by atoms with Gasteiger partial charge in [-0.3, -0.25) is 0 Å². The zero-order valence-corrected chi connectivity index (χ0v) is 18.6. The van der Waals surface area contributed by atoms with Gasteiger partial charge in [-0.05, 0) is 49.4 Å². The number of aryl methyl sites for hydroxylation is 1. The molecule has 0 aliphatic rings. The molecule has 0 N–H and O–H groups in total. The largest absolute Gasteiger partial charge is 0.493 e. The predicted octanol–water partition coefficient (Wildman–Crippen LogP) is 4.18. The highest BCUT2D eigenvalue weighted by Gasteiger charge is 2.16. The van der Waals surface area contributed by atoms with E-state index in [0.29, 0.717) is 22.0 Å². The molecule has 0 saturated heterocycles. The molecule has 2 aromatic heterocycles. The van der Waals surface area contributed by atoms with Crippen LogP contribution in [0.15, 0.2) is 59.5 Å². The van der Waals surface area contributed by atoms with Crippen molar-refractivity contribution in [2.45, 2.75) is 18.7 Å². The van der Waals surface area contributed by atoms with E-state index in [4.69, 9.17) is 14.6 Å². The Labute approximate surface area is 181 Å². The number of nitrogens with zero attached hydrogens (tertiary/aromatic N) is 3. The summed E-state index contributed by atoms with van der Waals surface area (Å²) in [5.41, 5.74) is 4.80. The zero-order chi connectivity index (χ0) is 22.2. The maximum absolute atomic E-state index is 12.1. The summed E-state index contributed by atoms with van der Waals surface area (Å²) in [7, 11) is -0.0599. The van der Waals surface area contributed by atoms with Crippen molar-refractivity contribution in [1.29, 1.82) is 0 Å². The zero-order valence-electron chi connectivity index (χ0n) is 17.8. The van der Waals surface area contributed by atoms with Gasteiger partial charge in [-0.25, -0.2) is 17.9 Å². The molecule has 2 heterocycles. The molecule has 0 aliphatic heterocycles. The summed E-state index contributed by atoms with van der Waals surface area (Å²) < 4.78 is 36.8. The van der Waals surface area contributed by atoms with Crippen LogP contribution in [0.1, 0.15) is 12.6 Å². The molecule has 7 nitrogen and oxygen atoms in total. The third kappa shape index (κ3) is 3.74. The molecular formula is C23H23N3O4S. The number of rotatable bonds is 6. The Morgan fingerprint density at radius 2 is 1.58 bits per heavy atom. The number of methoxy groups -OCH3 is 2. The lowest BCUT2D eigenvalue weighted by molar-refractivity contribution is 0.355. The Balaban J connectivity index is 1.82. The SMILES string of the molecule is CCS(=O)(=O)c1ccc(-c2c(C)nc3ccc(-c4ccc(OC)c(OC)c4)nn23)cc1. The minimum Gasteiger partial charge on any atom is -0.493 e. The number of fused-ring (bicyclic) bond motifs is 1. The van der Waals surface area contributed by atoms with Gasteiger partial charge in [-0.15, -0.1) is 0 Å². The first-order chi connectivity index (χ1) is 14.9. The molecule has 0 unspecified atom stereocenters. The third-order valence-corrected chi connectivity index (χ3v) is 6.95. The molecule has 31 heavy (non-hydrogen) atoms. The molecule has 0 atom stereocenters. The van der Waals surface area contributed by atoms with E-state index < -0.39 is 9.84 Å². The average molecular weight is 438 g/mol. The second kappa shape index (κ2) is 8.03. The van der Waals surface area contributed by atoms with Crippen molar-refractivity contribution in [3.05, 3.63) is 60.3 Å². The monoisotopic (exact) mass is 437 g/mol. The number of hydrogen-bond donors (Lipinski definition) is 0. The summed E-state index contributed by atoms with van der Waals surface area (Å²) in [5, 5.41) is 4.80. The van der Waals surface area contributed by atoms with Crippen LogP contribution in [0, 0.1) is 6.92 Å².